The zero-order chi connectivity index (χ0) is 11.9. The summed E-state index contributed by atoms with van der Waals surface area (Å²) in [6.45, 7) is 5.51. The van der Waals surface area contributed by atoms with Gasteiger partial charge in [-0.2, -0.15) is 0 Å². The van der Waals surface area contributed by atoms with E-state index in [0.29, 0.717) is 5.57 Å². The van der Waals surface area contributed by atoms with Crippen molar-refractivity contribution in [2.75, 3.05) is 0 Å². The largest absolute Gasteiger partial charge is 0.325 e. The summed E-state index contributed by atoms with van der Waals surface area (Å²) in [5.74, 6) is 5.86. The summed E-state index contributed by atoms with van der Waals surface area (Å²) in [6.07, 6.45) is -0.352. The van der Waals surface area contributed by atoms with Crippen molar-refractivity contribution in [3.63, 3.8) is 0 Å². The topological polar surface area (TPSA) is 71.2 Å². The first kappa shape index (κ1) is 11.1. The number of hydrogen-bond donors (Lipinski definition) is 2. The number of hydrogen-bond acceptors (Lipinski definition) is 5. The van der Waals surface area contributed by atoms with Crippen LogP contribution in [0.5, 0.6) is 0 Å². The van der Waals surface area contributed by atoms with E-state index in [1.165, 1.54) is 11.3 Å². The zero-order valence-electron chi connectivity index (χ0n) is 9.44. The normalized spacial score (nSPS) is 21.4. The fraction of sp³-hybridized carbons (Fsp3) is 0.400. The van der Waals surface area contributed by atoms with Crippen LogP contribution >= 0.6 is 11.3 Å². The molecule has 0 aromatic carbocycles. The minimum atomic E-state index is -0.352. The van der Waals surface area contributed by atoms with Crippen LogP contribution in [0.3, 0.4) is 0 Å². The molecule has 0 aliphatic carbocycles. The van der Waals surface area contributed by atoms with Gasteiger partial charge in [-0.15, -0.1) is 11.3 Å². The van der Waals surface area contributed by atoms with E-state index in [-0.39, 0.29) is 12.1 Å². The third-order valence-electron chi connectivity index (χ3n) is 2.69. The number of nitrogens with zero attached hydrogens (tertiary/aromatic N) is 2. The molecule has 5 nitrogen and oxygen atoms in total. The Morgan fingerprint density at radius 3 is 2.75 bits per heavy atom. The minimum absolute atomic E-state index is 0.0861. The molecule has 6 heteroatoms. The predicted molar refractivity (Wildman–Crippen MR) is 62.1 cm³/mol. The van der Waals surface area contributed by atoms with Crippen LogP contribution in [-0.4, -0.2) is 15.9 Å². The summed E-state index contributed by atoms with van der Waals surface area (Å²) in [6, 6.07) is 0. The second kappa shape index (κ2) is 3.88. The first-order chi connectivity index (χ1) is 7.50. The lowest BCUT2D eigenvalue weighted by Crippen LogP contribution is -2.49. The lowest BCUT2D eigenvalue weighted by molar-refractivity contribution is -0.120. The first-order valence-corrected chi connectivity index (χ1v) is 5.83. The van der Waals surface area contributed by atoms with Crippen LogP contribution in [0.2, 0.25) is 0 Å². The Labute approximate surface area is 97.9 Å². The molecule has 0 saturated carbocycles. The molecule has 2 heterocycles. The third kappa shape index (κ3) is 1.70. The molecule has 2 rings (SSSR count). The summed E-state index contributed by atoms with van der Waals surface area (Å²) < 4.78 is 0. The van der Waals surface area contributed by atoms with E-state index >= 15 is 0 Å². The Hall–Kier alpha value is -1.40. The molecule has 1 atom stereocenters. The lowest BCUT2D eigenvalue weighted by atomic mass is 10.1. The van der Waals surface area contributed by atoms with E-state index in [4.69, 9.17) is 5.84 Å². The van der Waals surface area contributed by atoms with Gasteiger partial charge in [0.05, 0.1) is 0 Å². The SMILES string of the molecule is CC1=C(C)N(N)C(c2nc(C)cs2)NC1=O. The van der Waals surface area contributed by atoms with E-state index in [1.807, 2.05) is 19.2 Å². The average Bonchev–Trinajstić information content (AvgIpc) is 2.67. The van der Waals surface area contributed by atoms with E-state index in [0.717, 1.165) is 16.4 Å². The molecule has 0 radical (unpaired) electrons. The molecule has 1 aliphatic rings. The molecule has 0 fully saturated rings. The molecule has 0 bridgehead atoms. The number of hydrazine groups is 1. The van der Waals surface area contributed by atoms with Gasteiger partial charge in [-0.1, -0.05) is 0 Å². The van der Waals surface area contributed by atoms with Crippen molar-refractivity contribution in [1.29, 1.82) is 0 Å². The van der Waals surface area contributed by atoms with Crippen molar-refractivity contribution in [2.24, 2.45) is 5.84 Å². The molecule has 1 aliphatic heterocycles. The van der Waals surface area contributed by atoms with Crippen LogP contribution in [0.1, 0.15) is 30.7 Å². The van der Waals surface area contributed by atoms with Gasteiger partial charge in [0.15, 0.2) is 6.17 Å². The monoisotopic (exact) mass is 238 g/mol. The Morgan fingerprint density at radius 1 is 1.50 bits per heavy atom. The number of carbonyl (C=O) groups is 1. The Bertz CT molecular complexity index is 465. The molecule has 16 heavy (non-hydrogen) atoms. The lowest BCUT2D eigenvalue weighted by Gasteiger charge is -2.34. The van der Waals surface area contributed by atoms with Gasteiger partial charge < -0.3 is 5.32 Å². The van der Waals surface area contributed by atoms with Gasteiger partial charge in [0.1, 0.15) is 5.01 Å². The molecule has 1 aromatic rings. The second-order valence-corrected chi connectivity index (χ2v) is 4.71. The summed E-state index contributed by atoms with van der Waals surface area (Å²) >= 11 is 1.50. The van der Waals surface area contributed by atoms with Crippen molar-refractivity contribution in [3.05, 3.63) is 27.4 Å². The Morgan fingerprint density at radius 2 is 2.19 bits per heavy atom. The van der Waals surface area contributed by atoms with Crippen LogP contribution in [-0.2, 0) is 4.79 Å². The van der Waals surface area contributed by atoms with Crippen LogP contribution in [0, 0.1) is 6.92 Å². The zero-order valence-corrected chi connectivity index (χ0v) is 10.3. The molecule has 0 saturated heterocycles. The van der Waals surface area contributed by atoms with Crippen LogP contribution in [0.25, 0.3) is 0 Å². The minimum Gasteiger partial charge on any atom is -0.325 e. The molecule has 86 valence electrons. The Balaban J connectivity index is 2.36. The highest BCUT2D eigenvalue weighted by atomic mass is 32.1. The molecule has 0 spiro atoms. The van der Waals surface area contributed by atoms with Crippen molar-refractivity contribution in [2.45, 2.75) is 26.9 Å². The quantitative estimate of drug-likeness (QED) is 0.717. The number of allylic oxidation sites excluding steroid dienone is 1. The van der Waals surface area contributed by atoms with Gasteiger partial charge in [0.2, 0.25) is 0 Å². The summed E-state index contributed by atoms with van der Waals surface area (Å²) in [5.41, 5.74) is 2.36. The first-order valence-electron chi connectivity index (χ1n) is 4.95. The third-order valence-corrected chi connectivity index (χ3v) is 3.70. The summed E-state index contributed by atoms with van der Waals surface area (Å²) in [5, 5.41) is 7.12. The molecule has 1 unspecified atom stereocenters. The smallest absolute Gasteiger partial charge is 0.250 e. The van der Waals surface area contributed by atoms with Crippen LogP contribution in [0.15, 0.2) is 16.7 Å². The Kier molecular flexibility index (Phi) is 2.69. The summed E-state index contributed by atoms with van der Waals surface area (Å²) in [4.78, 5) is 16.0. The van der Waals surface area contributed by atoms with E-state index in [2.05, 4.69) is 10.3 Å². The molecular formula is C10H14N4OS. The highest BCUT2D eigenvalue weighted by Gasteiger charge is 2.29. The molecule has 3 N–H and O–H groups in total. The van der Waals surface area contributed by atoms with Crippen molar-refractivity contribution in [3.8, 4) is 0 Å². The molecule has 1 aromatic heterocycles. The fourth-order valence-corrected chi connectivity index (χ4v) is 2.37. The van der Waals surface area contributed by atoms with Crippen LogP contribution < -0.4 is 11.2 Å². The molecular weight excluding hydrogens is 224 g/mol. The average molecular weight is 238 g/mol. The maximum absolute atomic E-state index is 11.7. The number of thiazole rings is 1. The number of nitrogens with one attached hydrogen (secondary N) is 1. The maximum atomic E-state index is 11.7. The number of aromatic nitrogens is 1. The van der Waals surface area contributed by atoms with Gasteiger partial charge in [0.25, 0.3) is 5.91 Å². The number of aryl methyl sites for hydroxylation is 1. The number of nitrogens with two attached hydrogens (primary N) is 1. The van der Waals surface area contributed by atoms with Gasteiger partial charge in [0, 0.05) is 22.3 Å². The highest BCUT2D eigenvalue weighted by Crippen LogP contribution is 2.27. The maximum Gasteiger partial charge on any atom is 0.250 e. The van der Waals surface area contributed by atoms with Crippen molar-refractivity contribution >= 4 is 17.2 Å². The van der Waals surface area contributed by atoms with E-state index in [9.17, 15) is 4.79 Å². The highest BCUT2D eigenvalue weighted by molar-refractivity contribution is 7.09. The van der Waals surface area contributed by atoms with Gasteiger partial charge in [-0.25, -0.2) is 10.8 Å². The molecule has 1 amide bonds. The van der Waals surface area contributed by atoms with Gasteiger partial charge >= 0.3 is 0 Å². The van der Waals surface area contributed by atoms with E-state index in [1.54, 1.807) is 11.9 Å². The standard InChI is InChI=1S/C10H14N4OS/c1-5-4-16-10(12-5)8-13-9(15)6(2)7(3)14(8)11/h4,8H,11H2,1-3H3,(H,13,15). The predicted octanol–water partition coefficient (Wildman–Crippen LogP) is 1.05. The number of carbonyl (C=O) groups excluding carboxylic acids is 1. The van der Waals surface area contributed by atoms with Crippen LogP contribution in [0.4, 0.5) is 0 Å². The second-order valence-electron chi connectivity index (χ2n) is 3.82. The number of rotatable bonds is 1. The van der Waals surface area contributed by atoms with E-state index < -0.39 is 0 Å². The van der Waals surface area contributed by atoms with Crippen molar-refractivity contribution < 1.29 is 4.79 Å². The summed E-state index contributed by atoms with van der Waals surface area (Å²) in [7, 11) is 0. The van der Waals surface area contributed by atoms with Crippen molar-refractivity contribution in [1.82, 2.24) is 15.3 Å². The van der Waals surface area contributed by atoms with Gasteiger partial charge in [-0.05, 0) is 20.8 Å². The number of amides is 1. The van der Waals surface area contributed by atoms with Gasteiger partial charge in [-0.3, -0.25) is 9.80 Å². The fourth-order valence-electron chi connectivity index (χ4n) is 1.53.